The smallest absolute Gasteiger partial charge is 0.373 e. The lowest BCUT2D eigenvalue weighted by molar-refractivity contribution is -0.292. The van der Waals surface area contributed by atoms with Crippen LogP contribution in [0.4, 0.5) is 17.6 Å². The lowest BCUT2D eigenvalue weighted by atomic mass is 9.81. The Morgan fingerprint density at radius 2 is 1.95 bits per heavy atom. The summed E-state index contributed by atoms with van der Waals surface area (Å²) in [6, 6.07) is 2.87. The molecular weight excluding hydrogens is 333 g/mol. The number of rotatable bonds is 0. The first-order valence-corrected chi connectivity index (χ1v) is 6.85. The second-order valence-corrected chi connectivity index (χ2v) is 5.82. The molecule has 2 nitrogen and oxygen atoms in total. The van der Waals surface area contributed by atoms with Crippen LogP contribution in [0.5, 0.6) is 0 Å². The van der Waals surface area contributed by atoms with Crippen molar-refractivity contribution < 1.29 is 22.7 Å². The Hall–Kier alpha value is -0.980. The number of aromatic amines is 1. The number of nitrogens with one attached hydrogen (secondary N) is 1. The van der Waals surface area contributed by atoms with Crippen molar-refractivity contribution in [3.8, 4) is 0 Å². The highest BCUT2D eigenvalue weighted by Crippen LogP contribution is 2.50. The number of benzene rings is 1. The molecule has 0 aliphatic heterocycles. The quantitative estimate of drug-likeness (QED) is 0.679. The van der Waals surface area contributed by atoms with Crippen LogP contribution in [-0.2, 0) is 12.0 Å². The van der Waals surface area contributed by atoms with Gasteiger partial charge in [-0.3, -0.25) is 0 Å². The van der Waals surface area contributed by atoms with Gasteiger partial charge in [0, 0.05) is 10.9 Å². The SMILES string of the molecule is OC1(C(F)(F)F)c2[nH]c3ccc(Cl)c(Cl)c3c2CCC1F. The highest BCUT2D eigenvalue weighted by molar-refractivity contribution is 6.45. The molecule has 0 radical (unpaired) electrons. The molecule has 2 atom stereocenters. The van der Waals surface area contributed by atoms with Gasteiger partial charge in [-0.15, -0.1) is 0 Å². The van der Waals surface area contributed by atoms with Crippen LogP contribution in [0.2, 0.25) is 10.0 Å². The van der Waals surface area contributed by atoms with E-state index in [9.17, 15) is 22.7 Å². The maximum atomic E-state index is 13.9. The summed E-state index contributed by atoms with van der Waals surface area (Å²) in [5, 5.41) is 10.6. The number of hydrogen-bond donors (Lipinski definition) is 2. The van der Waals surface area contributed by atoms with Crippen LogP contribution >= 0.6 is 23.2 Å². The van der Waals surface area contributed by atoms with Crippen molar-refractivity contribution in [1.82, 2.24) is 4.98 Å². The van der Waals surface area contributed by atoms with Gasteiger partial charge in [-0.05, 0) is 30.5 Å². The molecule has 1 aliphatic carbocycles. The van der Waals surface area contributed by atoms with Crippen LogP contribution in [0.25, 0.3) is 10.9 Å². The van der Waals surface area contributed by atoms with Gasteiger partial charge < -0.3 is 10.1 Å². The van der Waals surface area contributed by atoms with Crippen LogP contribution < -0.4 is 0 Å². The minimum atomic E-state index is -5.14. The van der Waals surface area contributed by atoms with Crippen LogP contribution in [-0.4, -0.2) is 22.4 Å². The third-order valence-electron chi connectivity index (χ3n) is 3.87. The zero-order valence-electron chi connectivity index (χ0n) is 10.4. The van der Waals surface area contributed by atoms with Gasteiger partial charge in [0.2, 0.25) is 5.60 Å². The van der Waals surface area contributed by atoms with E-state index in [1.165, 1.54) is 12.1 Å². The molecule has 0 bridgehead atoms. The molecule has 1 aromatic carbocycles. The van der Waals surface area contributed by atoms with Gasteiger partial charge in [0.1, 0.15) is 6.17 Å². The molecule has 1 aromatic heterocycles. The van der Waals surface area contributed by atoms with Gasteiger partial charge in [0.25, 0.3) is 0 Å². The van der Waals surface area contributed by atoms with E-state index in [1.54, 1.807) is 0 Å². The van der Waals surface area contributed by atoms with Crippen molar-refractivity contribution in [1.29, 1.82) is 0 Å². The van der Waals surface area contributed by atoms with E-state index < -0.39 is 30.1 Å². The monoisotopic (exact) mass is 341 g/mol. The minimum absolute atomic E-state index is 0.0367. The molecule has 3 rings (SSSR count). The minimum Gasteiger partial charge on any atom is -0.373 e. The Morgan fingerprint density at radius 3 is 2.57 bits per heavy atom. The number of hydrogen-bond acceptors (Lipinski definition) is 1. The number of aromatic nitrogens is 1. The molecule has 114 valence electrons. The van der Waals surface area contributed by atoms with Crippen LogP contribution in [0.15, 0.2) is 12.1 Å². The first kappa shape index (κ1) is 14.9. The van der Waals surface area contributed by atoms with Crippen LogP contribution in [0.3, 0.4) is 0 Å². The average Bonchev–Trinajstić information content (AvgIpc) is 2.77. The predicted molar refractivity (Wildman–Crippen MR) is 71.5 cm³/mol. The lowest BCUT2D eigenvalue weighted by Crippen LogP contribution is -2.52. The van der Waals surface area contributed by atoms with Crippen molar-refractivity contribution in [2.45, 2.75) is 30.8 Å². The first-order valence-electron chi connectivity index (χ1n) is 6.10. The molecule has 2 aromatic rings. The van der Waals surface area contributed by atoms with Gasteiger partial charge in [-0.2, -0.15) is 13.2 Å². The van der Waals surface area contributed by atoms with Crippen LogP contribution in [0.1, 0.15) is 17.7 Å². The van der Waals surface area contributed by atoms with E-state index in [4.69, 9.17) is 23.2 Å². The van der Waals surface area contributed by atoms with Crippen molar-refractivity contribution in [3.05, 3.63) is 33.4 Å². The average molecular weight is 342 g/mol. The Labute approximate surface area is 126 Å². The molecule has 2 N–H and O–H groups in total. The number of aliphatic hydroxyl groups is 1. The molecule has 8 heteroatoms. The highest BCUT2D eigenvalue weighted by atomic mass is 35.5. The van der Waals surface area contributed by atoms with Crippen molar-refractivity contribution >= 4 is 34.1 Å². The molecule has 0 fully saturated rings. The van der Waals surface area contributed by atoms with E-state index in [1.807, 2.05) is 0 Å². The summed E-state index contributed by atoms with van der Waals surface area (Å²) in [6.07, 6.45) is -7.99. The fourth-order valence-corrected chi connectivity index (χ4v) is 3.25. The van der Waals surface area contributed by atoms with E-state index in [-0.39, 0.29) is 27.5 Å². The highest BCUT2D eigenvalue weighted by Gasteiger charge is 2.63. The second-order valence-electron chi connectivity index (χ2n) is 5.03. The van der Waals surface area contributed by atoms with Crippen molar-refractivity contribution in [3.63, 3.8) is 0 Å². The maximum absolute atomic E-state index is 13.9. The van der Waals surface area contributed by atoms with E-state index in [2.05, 4.69) is 4.98 Å². The Kier molecular flexibility index (Phi) is 3.21. The normalized spacial score (nSPS) is 26.1. The molecule has 1 aliphatic rings. The summed E-state index contributed by atoms with van der Waals surface area (Å²) in [5.41, 5.74) is -3.71. The Morgan fingerprint density at radius 1 is 1.29 bits per heavy atom. The summed E-state index contributed by atoms with van der Waals surface area (Å²) in [4.78, 5) is 2.46. The van der Waals surface area contributed by atoms with Gasteiger partial charge in [-0.25, -0.2) is 4.39 Å². The van der Waals surface area contributed by atoms with Gasteiger partial charge in [0.05, 0.1) is 15.7 Å². The zero-order chi connectivity index (χ0) is 15.6. The molecule has 0 spiro atoms. The Bertz CT molecular complexity index is 727. The first-order chi connectivity index (χ1) is 9.68. The standard InChI is InChI=1S/C13H9Cl2F4NO/c14-6-2-3-7-9(10(6)15)5-1-4-8(16)12(21,11(5)20-7)13(17,18)19/h2-3,8,20-21H,1,4H2. The van der Waals surface area contributed by atoms with Crippen molar-refractivity contribution in [2.24, 2.45) is 0 Å². The topological polar surface area (TPSA) is 36.0 Å². The molecule has 0 amide bonds. The molecule has 2 unspecified atom stereocenters. The van der Waals surface area contributed by atoms with E-state index >= 15 is 0 Å². The molecule has 0 saturated carbocycles. The number of H-pyrrole nitrogens is 1. The summed E-state index contributed by atoms with van der Waals surface area (Å²) in [7, 11) is 0. The number of halogens is 6. The molecular formula is C13H9Cl2F4NO. The number of alkyl halides is 4. The lowest BCUT2D eigenvalue weighted by Gasteiger charge is -2.36. The van der Waals surface area contributed by atoms with E-state index in [0.29, 0.717) is 5.39 Å². The largest absolute Gasteiger partial charge is 0.425 e. The molecule has 1 heterocycles. The third-order valence-corrected chi connectivity index (χ3v) is 4.68. The predicted octanol–water partition coefficient (Wildman–Crippen LogP) is 4.51. The fourth-order valence-electron chi connectivity index (χ4n) is 2.82. The molecule has 0 saturated heterocycles. The third kappa shape index (κ3) is 1.89. The van der Waals surface area contributed by atoms with E-state index in [0.717, 1.165) is 0 Å². The maximum Gasteiger partial charge on any atom is 0.425 e. The summed E-state index contributed by atoms with van der Waals surface area (Å²) in [6.45, 7) is 0. The summed E-state index contributed by atoms with van der Waals surface area (Å²) >= 11 is 11.9. The van der Waals surface area contributed by atoms with Gasteiger partial charge in [0.15, 0.2) is 0 Å². The summed E-state index contributed by atoms with van der Waals surface area (Å²) in [5.74, 6) is 0. The summed E-state index contributed by atoms with van der Waals surface area (Å²) < 4.78 is 53.4. The van der Waals surface area contributed by atoms with Crippen molar-refractivity contribution in [2.75, 3.05) is 0 Å². The number of fused-ring (bicyclic) bond motifs is 3. The molecule has 21 heavy (non-hydrogen) atoms. The fraction of sp³-hybridized carbons (Fsp3) is 0.385. The zero-order valence-corrected chi connectivity index (χ0v) is 11.9. The van der Waals surface area contributed by atoms with Crippen LogP contribution in [0, 0.1) is 0 Å². The van der Waals surface area contributed by atoms with Gasteiger partial charge >= 0.3 is 6.18 Å². The number of aryl methyl sites for hydroxylation is 1. The second kappa shape index (κ2) is 4.51. The Balaban J connectivity index is 2.37. The van der Waals surface area contributed by atoms with Gasteiger partial charge in [-0.1, -0.05) is 23.2 Å².